The van der Waals surface area contributed by atoms with Crippen molar-refractivity contribution in [3.63, 3.8) is 0 Å². The maximum absolute atomic E-state index is 13.0. The molecule has 0 aliphatic heterocycles. The van der Waals surface area contributed by atoms with Gasteiger partial charge in [0, 0.05) is 55.4 Å². The molecule has 1 aliphatic rings. The van der Waals surface area contributed by atoms with Crippen LogP contribution in [0.3, 0.4) is 0 Å². The van der Waals surface area contributed by atoms with Gasteiger partial charge in [0.2, 0.25) is 0 Å². The monoisotopic (exact) mass is 466 g/mol. The van der Waals surface area contributed by atoms with Gasteiger partial charge >= 0.3 is 0 Å². The Morgan fingerprint density at radius 1 is 1.00 bits per heavy atom. The van der Waals surface area contributed by atoms with Gasteiger partial charge in [-0.1, -0.05) is 35.5 Å². The molecular formula is C28H26N4O3. The third-order valence-electron chi connectivity index (χ3n) is 6.28. The molecule has 5 rings (SSSR count). The maximum Gasteiger partial charge on any atom is 0.287 e. The smallest absolute Gasteiger partial charge is 0.287 e. The molecule has 2 N–H and O–H groups in total. The Balaban J connectivity index is 1.44. The van der Waals surface area contributed by atoms with E-state index in [9.17, 15) is 10.0 Å². The first-order valence-electron chi connectivity index (χ1n) is 11.5. The van der Waals surface area contributed by atoms with Crippen LogP contribution in [0.1, 0.15) is 33.7 Å². The number of furan rings is 1. The van der Waals surface area contributed by atoms with Gasteiger partial charge in [-0.25, -0.2) is 0 Å². The number of pyridine rings is 1. The first kappa shape index (κ1) is 22.4. The Labute approximate surface area is 203 Å². The van der Waals surface area contributed by atoms with Gasteiger partial charge < -0.3 is 19.8 Å². The number of oxime groups is 1. The molecule has 0 unspecified atom stereocenters. The van der Waals surface area contributed by atoms with Gasteiger partial charge in [0.15, 0.2) is 5.76 Å². The van der Waals surface area contributed by atoms with E-state index in [1.165, 1.54) is 0 Å². The number of nitrogens with one attached hydrogen (secondary N) is 1. The van der Waals surface area contributed by atoms with E-state index < -0.39 is 0 Å². The lowest BCUT2D eigenvalue weighted by molar-refractivity contribution is 0.0924. The van der Waals surface area contributed by atoms with Crippen molar-refractivity contribution in [3.05, 3.63) is 95.5 Å². The fourth-order valence-electron chi connectivity index (χ4n) is 4.36. The summed E-state index contributed by atoms with van der Waals surface area (Å²) in [5, 5.41) is 15.6. The fraction of sp³-hybridized carbons (Fsp3) is 0.179. The van der Waals surface area contributed by atoms with Gasteiger partial charge in [0.05, 0.1) is 5.71 Å². The second kappa shape index (κ2) is 9.46. The summed E-state index contributed by atoms with van der Waals surface area (Å²) in [6, 6.07) is 19.6. The predicted octanol–water partition coefficient (Wildman–Crippen LogP) is 5.13. The molecule has 0 saturated heterocycles. The van der Waals surface area contributed by atoms with Gasteiger partial charge in [-0.15, -0.1) is 0 Å². The molecule has 176 valence electrons. The van der Waals surface area contributed by atoms with Crippen LogP contribution in [0.5, 0.6) is 0 Å². The van der Waals surface area contributed by atoms with Crippen LogP contribution in [0, 0.1) is 0 Å². The number of benzene rings is 2. The molecular weight excluding hydrogens is 440 g/mol. The standard InChI is InChI=1S/C28H26N4O3/c1-32(2)22-7-3-18(4-8-22)17-30-28(33)26-16-24(27(35-26)19-11-13-29-14-12-19)21-5-9-23-20(15-21)6-10-25(23)31-34/h3-5,7-9,11-16,34H,6,10,17H2,1-2H3,(H,30,33)/b31-25+. The molecule has 2 heterocycles. The molecule has 0 spiro atoms. The first-order chi connectivity index (χ1) is 17.0. The third-order valence-corrected chi connectivity index (χ3v) is 6.28. The van der Waals surface area contributed by atoms with E-state index in [1.807, 2.05) is 67.5 Å². The Bertz CT molecular complexity index is 1390. The minimum Gasteiger partial charge on any atom is -0.450 e. The van der Waals surface area contributed by atoms with E-state index in [2.05, 4.69) is 21.5 Å². The number of rotatable bonds is 6. The van der Waals surface area contributed by atoms with Crippen LogP contribution in [0.2, 0.25) is 0 Å². The number of carbonyl (C=O) groups excluding carboxylic acids is 1. The number of carbonyl (C=O) groups is 1. The van der Waals surface area contributed by atoms with Gasteiger partial charge in [-0.05, 0) is 59.9 Å². The predicted molar refractivity (Wildman–Crippen MR) is 136 cm³/mol. The zero-order chi connectivity index (χ0) is 24.4. The largest absolute Gasteiger partial charge is 0.450 e. The van der Waals surface area contributed by atoms with Gasteiger partial charge in [0.25, 0.3) is 5.91 Å². The number of nitrogens with zero attached hydrogens (tertiary/aromatic N) is 3. The normalized spacial score (nSPS) is 13.6. The highest BCUT2D eigenvalue weighted by Crippen LogP contribution is 2.37. The molecule has 4 aromatic rings. The summed E-state index contributed by atoms with van der Waals surface area (Å²) in [6.07, 6.45) is 4.92. The summed E-state index contributed by atoms with van der Waals surface area (Å²) in [5.74, 6) is 0.579. The lowest BCUT2D eigenvalue weighted by Gasteiger charge is -2.12. The number of fused-ring (bicyclic) bond motifs is 1. The number of hydrogen-bond acceptors (Lipinski definition) is 6. The molecule has 2 aromatic carbocycles. The van der Waals surface area contributed by atoms with Gasteiger partial charge in [0.1, 0.15) is 5.76 Å². The number of anilines is 1. The Kier molecular flexibility index (Phi) is 6.06. The molecule has 0 radical (unpaired) electrons. The van der Waals surface area contributed by atoms with E-state index in [0.717, 1.165) is 45.5 Å². The highest BCUT2D eigenvalue weighted by Gasteiger charge is 2.23. The third kappa shape index (κ3) is 4.53. The maximum atomic E-state index is 13.0. The molecule has 1 amide bonds. The van der Waals surface area contributed by atoms with E-state index in [0.29, 0.717) is 24.4 Å². The summed E-state index contributed by atoms with van der Waals surface area (Å²) in [4.78, 5) is 19.2. The number of aryl methyl sites for hydroxylation is 1. The molecule has 0 saturated carbocycles. The van der Waals surface area contributed by atoms with Crippen molar-refractivity contribution < 1.29 is 14.4 Å². The summed E-state index contributed by atoms with van der Waals surface area (Å²) in [7, 11) is 3.98. The van der Waals surface area contributed by atoms with Crippen molar-refractivity contribution in [3.8, 4) is 22.5 Å². The minimum atomic E-state index is -0.279. The van der Waals surface area contributed by atoms with Crippen LogP contribution < -0.4 is 10.2 Å². The van der Waals surface area contributed by atoms with Crippen molar-refractivity contribution >= 4 is 17.3 Å². The summed E-state index contributed by atoms with van der Waals surface area (Å²) in [5.41, 5.74) is 7.49. The second-order valence-corrected chi connectivity index (χ2v) is 8.75. The van der Waals surface area contributed by atoms with Crippen molar-refractivity contribution in [1.82, 2.24) is 10.3 Å². The molecule has 35 heavy (non-hydrogen) atoms. The average molecular weight is 467 g/mol. The van der Waals surface area contributed by atoms with E-state index in [-0.39, 0.29) is 11.7 Å². The highest BCUT2D eigenvalue weighted by atomic mass is 16.4. The van der Waals surface area contributed by atoms with Crippen LogP contribution in [0.15, 0.2) is 82.6 Å². The van der Waals surface area contributed by atoms with Crippen molar-refractivity contribution in [2.75, 3.05) is 19.0 Å². The summed E-state index contributed by atoms with van der Waals surface area (Å²) >= 11 is 0. The summed E-state index contributed by atoms with van der Waals surface area (Å²) < 4.78 is 6.11. The average Bonchev–Trinajstić information content (AvgIpc) is 3.52. The lowest BCUT2D eigenvalue weighted by Crippen LogP contribution is -2.22. The Morgan fingerprint density at radius 2 is 1.77 bits per heavy atom. The Hall–Kier alpha value is -4.39. The fourth-order valence-corrected chi connectivity index (χ4v) is 4.36. The molecule has 0 bridgehead atoms. The van der Waals surface area contributed by atoms with Gasteiger partial charge in [-0.2, -0.15) is 0 Å². The number of aromatic nitrogens is 1. The van der Waals surface area contributed by atoms with Crippen molar-refractivity contribution in [2.45, 2.75) is 19.4 Å². The number of amides is 1. The molecule has 0 atom stereocenters. The molecule has 0 fully saturated rings. The topological polar surface area (TPSA) is 91.0 Å². The minimum absolute atomic E-state index is 0.245. The van der Waals surface area contributed by atoms with Crippen LogP contribution in [0.4, 0.5) is 5.69 Å². The van der Waals surface area contributed by atoms with Crippen molar-refractivity contribution in [2.24, 2.45) is 5.16 Å². The van der Waals surface area contributed by atoms with E-state index in [1.54, 1.807) is 18.5 Å². The zero-order valence-corrected chi connectivity index (χ0v) is 19.7. The second-order valence-electron chi connectivity index (χ2n) is 8.75. The summed E-state index contributed by atoms with van der Waals surface area (Å²) in [6.45, 7) is 0.398. The molecule has 1 aliphatic carbocycles. The van der Waals surface area contributed by atoms with Crippen LogP contribution in [-0.4, -0.2) is 35.9 Å². The van der Waals surface area contributed by atoms with E-state index in [4.69, 9.17) is 4.42 Å². The molecule has 7 nitrogen and oxygen atoms in total. The Morgan fingerprint density at radius 3 is 2.49 bits per heavy atom. The van der Waals surface area contributed by atoms with Crippen LogP contribution in [-0.2, 0) is 13.0 Å². The van der Waals surface area contributed by atoms with Gasteiger partial charge in [-0.3, -0.25) is 9.78 Å². The molecule has 7 heteroatoms. The highest BCUT2D eigenvalue weighted by molar-refractivity contribution is 6.05. The van der Waals surface area contributed by atoms with Crippen molar-refractivity contribution in [1.29, 1.82) is 0 Å². The first-order valence-corrected chi connectivity index (χ1v) is 11.5. The van der Waals surface area contributed by atoms with Crippen LogP contribution in [0.25, 0.3) is 22.5 Å². The number of hydrogen-bond donors (Lipinski definition) is 2. The lowest BCUT2D eigenvalue weighted by atomic mass is 9.98. The molecule has 2 aromatic heterocycles. The SMILES string of the molecule is CN(C)c1ccc(CNC(=O)c2cc(-c3ccc4c(c3)CC/C4=N\O)c(-c3ccncc3)o2)cc1. The zero-order valence-electron chi connectivity index (χ0n) is 19.7. The van der Waals surface area contributed by atoms with Crippen LogP contribution >= 0.6 is 0 Å². The quantitative estimate of drug-likeness (QED) is 0.304. The van der Waals surface area contributed by atoms with E-state index >= 15 is 0 Å².